The molecular formula is C23H35N7O3S. The van der Waals surface area contributed by atoms with E-state index in [9.17, 15) is 8.42 Å². The van der Waals surface area contributed by atoms with Gasteiger partial charge in [-0.05, 0) is 52.4 Å². The van der Waals surface area contributed by atoms with E-state index in [1.54, 1.807) is 6.92 Å². The monoisotopic (exact) mass is 489 g/mol. The Morgan fingerprint density at radius 3 is 2.53 bits per heavy atom. The molecule has 11 heteroatoms. The zero-order valence-corrected chi connectivity index (χ0v) is 21.0. The molecule has 4 atom stereocenters. The van der Waals surface area contributed by atoms with Crippen LogP contribution in [0.15, 0.2) is 12.1 Å². The van der Waals surface area contributed by atoms with E-state index in [-0.39, 0.29) is 30.0 Å². The van der Waals surface area contributed by atoms with Gasteiger partial charge >= 0.3 is 0 Å². The highest BCUT2D eigenvalue weighted by Crippen LogP contribution is 2.39. The number of anilines is 3. The first-order chi connectivity index (χ1) is 16.3. The molecule has 3 saturated heterocycles. The highest BCUT2D eigenvalue weighted by atomic mass is 32.2. The minimum Gasteiger partial charge on any atom is -0.372 e. The number of ether oxygens (including phenoxy) is 1. The minimum absolute atomic E-state index is 0.0347. The van der Waals surface area contributed by atoms with Crippen LogP contribution in [0.25, 0.3) is 0 Å². The van der Waals surface area contributed by atoms with Gasteiger partial charge in [0, 0.05) is 49.6 Å². The summed E-state index contributed by atoms with van der Waals surface area (Å²) in [5.41, 5.74) is 1.84. The molecule has 3 aliphatic rings. The second-order valence-electron chi connectivity index (χ2n) is 9.75. The molecule has 2 bridgehead atoms. The molecule has 34 heavy (non-hydrogen) atoms. The lowest BCUT2D eigenvalue weighted by Gasteiger charge is -2.49. The molecule has 5 rings (SSSR count). The highest BCUT2D eigenvalue weighted by Gasteiger charge is 2.45. The summed E-state index contributed by atoms with van der Waals surface area (Å²) in [5.74, 6) is 2.18. The molecule has 0 radical (unpaired) electrons. The molecule has 0 aromatic carbocycles. The summed E-state index contributed by atoms with van der Waals surface area (Å²) < 4.78 is 33.3. The molecule has 3 aliphatic heterocycles. The van der Waals surface area contributed by atoms with Crippen molar-refractivity contribution in [1.82, 2.24) is 24.5 Å². The summed E-state index contributed by atoms with van der Waals surface area (Å²) >= 11 is 0. The lowest BCUT2D eigenvalue weighted by molar-refractivity contribution is 0.107. The van der Waals surface area contributed by atoms with Crippen LogP contribution < -0.4 is 10.2 Å². The Hall–Kier alpha value is -2.24. The smallest absolute Gasteiger partial charge is 0.227 e. The molecule has 2 aromatic rings. The summed E-state index contributed by atoms with van der Waals surface area (Å²) in [7, 11) is -1.17. The zero-order chi connectivity index (χ0) is 23.9. The second kappa shape index (κ2) is 9.43. The van der Waals surface area contributed by atoms with Gasteiger partial charge < -0.3 is 15.0 Å². The number of nitrogens with zero attached hydrogens (tertiary/aromatic N) is 5. The van der Waals surface area contributed by atoms with Crippen molar-refractivity contribution in [2.45, 2.75) is 83.0 Å². The number of piperidine rings is 2. The van der Waals surface area contributed by atoms with E-state index in [0.29, 0.717) is 17.6 Å². The number of fused-ring (bicyclic) bond motifs is 2. The predicted octanol–water partition coefficient (Wildman–Crippen LogP) is 3.27. The Balaban J connectivity index is 1.42. The quantitative estimate of drug-likeness (QED) is 0.609. The summed E-state index contributed by atoms with van der Waals surface area (Å²) in [6.07, 6.45) is 6.44. The van der Waals surface area contributed by atoms with Gasteiger partial charge in [0.1, 0.15) is 5.82 Å². The summed E-state index contributed by atoms with van der Waals surface area (Å²) in [4.78, 5) is 11.9. The van der Waals surface area contributed by atoms with E-state index in [1.807, 2.05) is 30.4 Å². The van der Waals surface area contributed by atoms with Crippen molar-refractivity contribution >= 4 is 27.6 Å². The van der Waals surface area contributed by atoms with Crippen molar-refractivity contribution in [2.75, 3.05) is 29.6 Å². The van der Waals surface area contributed by atoms with Crippen LogP contribution in [0.1, 0.15) is 69.4 Å². The van der Waals surface area contributed by atoms with Gasteiger partial charge in [0.05, 0.1) is 17.6 Å². The molecule has 2 N–H and O–H groups in total. The van der Waals surface area contributed by atoms with Gasteiger partial charge in [0.15, 0.2) is 5.82 Å². The van der Waals surface area contributed by atoms with Crippen LogP contribution in [-0.4, -0.2) is 70.4 Å². The van der Waals surface area contributed by atoms with Crippen molar-refractivity contribution in [3.8, 4) is 0 Å². The summed E-state index contributed by atoms with van der Waals surface area (Å²) in [5, 5.41) is 10.5. The minimum atomic E-state index is -3.20. The van der Waals surface area contributed by atoms with Crippen molar-refractivity contribution in [2.24, 2.45) is 0 Å². The number of sulfonamides is 1. The number of hydrogen-bond acceptors (Lipinski definition) is 8. The van der Waals surface area contributed by atoms with Crippen LogP contribution in [0.3, 0.4) is 0 Å². The second-order valence-corrected chi connectivity index (χ2v) is 11.9. The standard InChI is InChI=1S/C23H35N7O3S/c1-4-34(31,32)30-16-7-5-8-17(30)13-18(12-16)29(3)23-24-19(20-9-6-10-33-20)14-21(26-23)25-22-11-15(2)27-28-22/h11,14,16-18,20H,4-10,12-13H2,1-3H3,(H2,24,25,26,27,28)/t16-,17+,18?,20?. The molecule has 2 unspecified atom stereocenters. The van der Waals surface area contributed by atoms with E-state index >= 15 is 0 Å². The number of aromatic nitrogens is 4. The van der Waals surface area contributed by atoms with Crippen molar-refractivity contribution < 1.29 is 13.2 Å². The first kappa shape index (κ1) is 23.5. The molecule has 10 nitrogen and oxygen atoms in total. The van der Waals surface area contributed by atoms with Crippen LogP contribution in [0.4, 0.5) is 17.6 Å². The predicted molar refractivity (Wildman–Crippen MR) is 131 cm³/mol. The molecule has 0 spiro atoms. The zero-order valence-electron chi connectivity index (χ0n) is 20.2. The number of hydrogen-bond donors (Lipinski definition) is 2. The third kappa shape index (κ3) is 4.65. The molecule has 5 heterocycles. The molecule has 2 aromatic heterocycles. The number of aromatic amines is 1. The fourth-order valence-corrected chi connectivity index (χ4v) is 7.25. The highest BCUT2D eigenvalue weighted by molar-refractivity contribution is 7.89. The van der Waals surface area contributed by atoms with Crippen LogP contribution in [-0.2, 0) is 14.8 Å². The molecular weight excluding hydrogens is 454 g/mol. The van der Waals surface area contributed by atoms with Gasteiger partial charge in [-0.15, -0.1) is 0 Å². The topological polar surface area (TPSA) is 116 Å². The van der Waals surface area contributed by atoms with Gasteiger partial charge in [0.25, 0.3) is 0 Å². The Labute approximate surface area is 201 Å². The van der Waals surface area contributed by atoms with E-state index in [1.165, 1.54) is 0 Å². The van der Waals surface area contributed by atoms with Crippen LogP contribution in [0, 0.1) is 6.92 Å². The molecule has 0 amide bonds. The fraction of sp³-hybridized carbons (Fsp3) is 0.696. The van der Waals surface area contributed by atoms with Gasteiger partial charge in [-0.1, -0.05) is 6.42 Å². The third-order valence-electron chi connectivity index (χ3n) is 7.39. The maximum atomic E-state index is 12.8. The Morgan fingerprint density at radius 2 is 1.91 bits per heavy atom. The molecule has 0 saturated carbocycles. The first-order valence-electron chi connectivity index (χ1n) is 12.4. The summed E-state index contributed by atoms with van der Waals surface area (Å²) in [6, 6.07) is 4.16. The fourth-order valence-electron chi connectivity index (χ4n) is 5.66. The van der Waals surface area contributed by atoms with Crippen molar-refractivity contribution in [3.05, 3.63) is 23.5 Å². The number of H-pyrrole nitrogens is 1. The van der Waals surface area contributed by atoms with Crippen molar-refractivity contribution in [1.29, 1.82) is 0 Å². The lowest BCUT2D eigenvalue weighted by atomic mass is 9.83. The van der Waals surface area contributed by atoms with E-state index in [0.717, 1.165) is 62.9 Å². The molecule has 186 valence electrons. The number of aryl methyl sites for hydroxylation is 1. The maximum Gasteiger partial charge on any atom is 0.227 e. The normalized spacial score (nSPS) is 27.6. The van der Waals surface area contributed by atoms with Crippen LogP contribution >= 0.6 is 0 Å². The number of rotatable bonds is 7. The average molecular weight is 490 g/mol. The number of nitrogens with one attached hydrogen (secondary N) is 2. The lowest BCUT2D eigenvalue weighted by Crippen LogP contribution is -2.58. The Bertz CT molecular complexity index is 1100. The Morgan fingerprint density at radius 1 is 1.15 bits per heavy atom. The summed E-state index contributed by atoms with van der Waals surface area (Å²) in [6.45, 7) is 4.44. The average Bonchev–Trinajstić information content (AvgIpc) is 3.49. The Kier molecular flexibility index (Phi) is 6.51. The maximum absolute atomic E-state index is 12.8. The largest absolute Gasteiger partial charge is 0.372 e. The van der Waals surface area contributed by atoms with Gasteiger partial charge in [-0.25, -0.2) is 13.4 Å². The first-order valence-corrected chi connectivity index (χ1v) is 14.0. The van der Waals surface area contributed by atoms with E-state index in [4.69, 9.17) is 14.7 Å². The van der Waals surface area contributed by atoms with Crippen LogP contribution in [0.5, 0.6) is 0 Å². The van der Waals surface area contributed by atoms with Crippen molar-refractivity contribution in [3.63, 3.8) is 0 Å². The third-order valence-corrected chi connectivity index (χ3v) is 9.36. The van der Waals surface area contributed by atoms with E-state index < -0.39 is 10.0 Å². The van der Waals surface area contributed by atoms with Gasteiger partial charge in [-0.2, -0.15) is 14.4 Å². The SMILES string of the molecule is CCS(=O)(=O)N1[C@@H]2CCC[C@H]1CC(N(C)c1nc(Nc3cc(C)[nH]n3)cc(C3CCCO3)n1)C2. The van der Waals surface area contributed by atoms with Gasteiger partial charge in [-0.3, -0.25) is 5.10 Å². The van der Waals surface area contributed by atoms with Gasteiger partial charge in [0.2, 0.25) is 16.0 Å². The van der Waals surface area contributed by atoms with E-state index in [2.05, 4.69) is 20.4 Å². The van der Waals surface area contributed by atoms with Crippen LogP contribution in [0.2, 0.25) is 0 Å². The molecule has 3 fully saturated rings. The molecule has 0 aliphatic carbocycles.